The molecule has 0 amide bonds. The molecule has 0 bridgehead atoms. The maximum absolute atomic E-state index is 11.9. The molecule has 0 heterocycles. The maximum Gasteiger partial charge on any atom is 0.136 e. The summed E-state index contributed by atoms with van der Waals surface area (Å²) >= 11 is 0. The van der Waals surface area contributed by atoms with Gasteiger partial charge in [0.05, 0.1) is 6.10 Å². The molecule has 2 aromatic rings. The first-order chi connectivity index (χ1) is 10.6. The number of phenols is 1. The normalized spacial score (nSPS) is 12.4. The van der Waals surface area contributed by atoms with E-state index in [4.69, 9.17) is 0 Å². The summed E-state index contributed by atoms with van der Waals surface area (Å²) in [4.78, 5) is 11.9. The summed E-state index contributed by atoms with van der Waals surface area (Å²) in [5.41, 5.74) is 2.00. The largest absolute Gasteiger partial charge is 0.508 e. The highest BCUT2D eigenvalue weighted by Gasteiger charge is 2.08. The minimum absolute atomic E-state index is 0.0262. The molecule has 2 aromatic carbocycles. The fourth-order valence-corrected chi connectivity index (χ4v) is 2.14. The molecular formula is C19H20O3. The van der Waals surface area contributed by atoms with Crippen molar-refractivity contribution in [2.24, 2.45) is 0 Å². The van der Waals surface area contributed by atoms with Crippen molar-refractivity contribution in [2.75, 3.05) is 0 Å². The van der Waals surface area contributed by atoms with Gasteiger partial charge in [0.15, 0.2) is 0 Å². The van der Waals surface area contributed by atoms with E-state index in [0.717, 1.165) is 11.1 Å². The number of hydrogen-bond acceptors (Lipinski definition) is 3. The topological polar surface area (TPSA) is 57.5 Å². The molecule has 0 aliphatic heterocycles. The fourth-order valence-electron chi connectivity index (χ4n) is 2.14. The van der Waals surface area contributed by atoms with Gasteiger partial charge < -0.3 is 10.2 Å². The predicted octanol–water partition coefficient (Wildman–Crippen LogP) is 3.36. The highest BCUT2D eigenvalue weighted by molar-refractivity contribution is 5.79. The van der Waals surface area contributed by atoms with Crippen LogP contribution in [0.5, 0.6) is 5.75 Å². The van der Waals surface area contributed by atoms with E-state index in [1.807, 2.05) is 36.4 Å². The second-order valence-corrected chi connectivity index (χ2v) is 5.25. The van der Waals surface area contributed by atoms with Gasteiger partial charge >= 0.3 is 0 Å². The van der Waals surface area contributed by atoms with Gasteiger partial charge in [0.2, 0.25) is 0 Å². The molecule has 0 saturated carbocycles. The van der Waals surface area contributed by atoms with Crippen molar-refractivity contribution in [2.45, 2.75) is 25.4 Å². The first-order valence-electron chi connectivity index (χ1n) is 7.34. The van der Waals surface area contributed by atoms with Crippen LogP contribution in [0.2, 0.25) is 0 Å². The van der Waals surface area contributed by atoms with E-state index in [-0.39, 0.29) is 18.0 Å². The zero-order valence-electron chi connectivity index (χ0n) is 12.4. The molecule has 0 aliphatic rings. The van der Waals surface area contributed by atoms with Crippen LogP contribution in [0, 0.1) is 0 Å². The Morgan fingerprint density at radius 2 is 1.73 bits per heavy atom. The van der Waals surface area contributed by atoms with Gasteiger partial charge in [0, 0.05) is 12.8 Å². The van der Waals surface area contributed by atoms with E-state index in [1.165, 1.54) is 0 Å². The van der Waals surface area contributed by atoms with Crippen LogP contribution >= 0.6 is 0 Å². The molecule has 3 heteroatoms. The van der Waals surface area contributed by atoms with Crippen LogP contribution in [-0.2, 0) is 11.2 Å². The molecule has 0 aliphatic carbocycles. The van der Waals surface area contributed by atoms with Gasteiger partial charge in [-0.3, -0.25) is 4.79 Å². The molecule has 0 saturated heterocycles. The van der Waals surface area contributed by atoms with Crippen LogP contribution in [-0.4, -0.2) is 22.1 Å². The van der Waals surface area contributed by atoms with E-state index >= 15 is 0 Å². The van der Waals surface area contributed by atoms with Gasteiger partial charge in [-0.2, -0.15) is 0 Å². The molecule has 0 radical (unpaired) electrons. The van der Waals surface area contributed by atoms with Crippen LogP contribution < -0.4 is 0 Å². The quantitative estimate of drug-likeness (QED) is 0.823. The number of carbonyl (C=O) groups excluding carboxylic acids is 1. The van der Waals surface area contributed by atoms with Crippen molar-refractivity contribution in [1.29, 1.82) is 0 Å². The molecule has 0 unspecified atom stereocenters. The lowest BCUT2D eigenvalue weighted by Gasteiger charge is -2.05. The fraction of sp³-hybridized carbons (Fsp3) is 0.211. The molecule has 22 heavy (non-hydrogen) atoms. The summed E-state index contributed by atoms with van der Waals surface area (Å²) in [5, 5.41) is 19.1. The van der Waals surface area contributed by atoms with Gasteiger partial charge in [-0.05, 0) is 29.7 Å². The summed E-state index contributed by atoms with van der Waals surface area (Å²) in [6.07, 6.45) is 3.84. The van der Waals surface area contributed by atoms with Crippen molar-refractivity contribution in [3.05, 3.63) is 71.8 Å². The maximum atomic E-state index is 11.9. The average molecular weight is 296 g/mol. The Labute approximate surface area is 130 Å². The zero-order chi connectivity index (χ0) is 15.8. The molecule has 0 fully saturated rings. The lowest BCUT2D eigenvalue weighted by atomic mass is 10.0. The Kier molecular flexibility index (Phi) is 5.92. The third kappa shape index (κ3) is 5.54. The van der Waals surface area contributed by atoms with Crippen LogP contribution in [0.3, 0.4) is 0 Å². The number of aryl methyl sites for hydroxylation is 1. The van der Waals surface area contributed by atoms with Crippen LogP contribution in [0.15, 0.2) is 60.7 Å². The van der Waals surface area contributed by atoms with Crippen LogP contribution in [0.4, 0.5) is 0 Å². The van der Waals surface area contributed by atoms with Gasteiger partial charge in [-0.15, -0.1) is 0 Å². The van der Waals surface area contributed by atoms with Crippen LogP contribution in [0.25, 0.3) is 6.08 Å². The number of aliphatic hydroxyl groups is 1. The van der Waals surface area contributed by atoms with E-state index < -0.39 is 6.10 Å². The number of benzene rings is 2. The number of hydrogen-bond donors (Lipinski definition) is 2. The minimum atomic E-state index is -0.757. The van der Waals surface area contributed by atoms with Gasteiger partial charge in [0.25, 0.3) is 0 Å². The van der Waals surface area contributed by atoms with Gasteiger partial charge in [-0.25, -0.2) is 0 Å². The molecule has 0 aromatic heterocycles. The molecular weight excluding hydrogens is 276 g/mol. The Hall–Kier alpha value is -2.39. The van der Waals surface area contributed by atoms with Crippen molar-refractivity contribution in [3.63, 3.8) is 0 Å². The molecule has 1 atom stereocenters. The molecule has 0 spiro atoms. The summed E-state index contributed by atoms with van der Waals surface area (Å²) in [6.45, 7) is 0. The standard InChI is InChI=1S/C19H20O3/c20-17-10-6-16(7-11-17)9-13-19(22)14-18(21)12-8-15-4-2-1-3-5-15/h1-8,10-12,18,20-21H,9,13-14H2/t18-/m0/s1. The number of ketones is 1. The summed E-state index contributed by atoms with van der Waals surface area (Å²) in [6, 6.07) is 16.5. The lowest BCUT2D eigenvalue weighted by Crippen LogP contribution is -2.11. The summed E-state index contributed by atoms with van der Waals surface area (Å²) in [5.74, 6) is 0.245. The van der Waals surface area contributed by atoms with Gasteiger partial charge in [0.1, 0.15) is 11.5 Å². The second kappa shape index (κ2) is 8.15. The summed E-state index contributed by atoms with van der Waals surface area (Å²) in [7, 11) is 0. The van der Waals surface area contributed by atoms with Crippen molar-refractivity contribution < 1.29 is 15.0 Å². The number of Topliss-reactive ketones (excluding diaryl/α,β-unsaturated/α-hetero) is 1. The Bertz CT molecular complexity index is 615. The zero-order valence-corrected chi connectivity index (χ0v) is 12.4. The van der Waals surface area contributed by atoms with Gasteiger partial charge in [-0.1, -0.05) is 54.6 Å². The van der Waals surface area contributed by atoms with E-state index in [2.05, 4.69) is 0 Å². The van der Waals surface area contributed by atoms with Crippen molar-refractivity contribution in [3.8, 4) is 5.75 Å². The van der Waals surface area contributed by atoms with Crippen molar-refractivity contribution in [1.82, 2.24) is 0 Å². The molecule has 114 valence electrons. The summed E-state index contributed by atoms with van der Waals surface area (Å²) < 4.78 is 0. The molecule has 2 N–H and O–H groups in total. The highest BCUT2D eigenvalue weighted by Crippen LogP contribution is 2.12. The van der Waals surface area contributed by atoms with E-state index in [0.29, 0.717) is 12.8 Å². The first-order valence-corrected chi connectivity index (χ1v) is 7.34. The SMILES string of the molecule is O=C(CCc1ccc(O)cc1)C[C@@H](O)C=Cc1ccccc1. The second-order valence-electron chi connectivity index (χ2n) is 5.25. The number of aromatic hydroxyl groups is 1. The van der Waals surface area contributed by atoms with Crippen molar-refractivity contribution >= 4 is 11.9 Å². The number of phenolic OH excluding ortho intramolecular Hbond substituents is 1. The van der Waals surface area contributed by atoms with E-state index in [9.17, 15) is 15.0 Å². The Balaban J connectivity index is 1.76. The Morgan fingerprint density at radius 1 is 1.05 bits per heavy atom. The minimum Gasteiger partial charge on any atom is -0.508 e. The molecule has 2 rings (SSSR count). The lowest BCUT2D eigenvalue weighted by molar-refractivity contribution is -0.120. The smallest absolute Gasteiger partial charge is 0.136 e. The Morgan fingerprint density at radius 3 is 2.41 bits per heavy atom. The highest BCUT2D eigenvalue weighted by atomic mass is 16.3. The number of carbonyl (C=O) groups is 1. The molecule has 3 nitrogen and oxygen atoms in total. The third-order valence-electron chi connectivity index (χ3n) is 3.38. The predicted molar refractivity (Wildman–Crippen MR) is 87.5 cm³/mol. The van der Waals surface area contributed by atoms with E-state index in [1.54, 1.807) is 30.3 Å². The number of aliphatic hydroxyl groups excluding tert-OH is 1. The monoisotopic (exact) mass is 296 g/mol. The first kappa shape index (κ1) is 16.0. The van der Waals surface area contributed by atoms with Crippen LogP contribution in [0.1, 0.15) is 24.0 Å². The average Bonchev–Trinajstić information content (AvgIpc) is 2.53. The number of rotatable bonds is 7. The third-order valence-corrected chi connectivity index (χ3v) is 3.38.